The topological polar surface area (TPSA) is 57.5 Å². The third-order valence-electron chi connectivity index (χ3n) is 3.47. The van der Waals surface area contributed by atoms with Gasteiger partial charge in [0.1, 0.15) is 5.75 Å². The van der Waals surface area contributed by atoms with Crippen molar-refractivity contribution >= 4 is 17.6 Å². The molecular formula is C14H19ClO3. The molecule has 3 nitrogen and oxygen atoms in total. The zero-order valence-electron chi connectivity index (χ0n) is 11.4. The highest BCUT2D eigenvalue weighted by Crippen LogP contribution is 2.42. The molecule has 0 radical (unpaired) electrons. The van der Waals surface area contributed by atoms with Crippen LogP contribution >= 0.6 is 11.6 Å². The van der Waals surface area contributed by atoms with E-state index in [0.717, 1.165) is 16.7 Å². The molecular weight excluding hydrogens is 252 g/mol. The van der Waals surface area contributed by atoms with Crippen LogP contribution in [0, 0.1) is 20.8 Å². The van der Waals surface area contributed by atoms with Gasteiger partial charge in [-0.2, -0.15) is 0 Å². The Kier molecular flexibility index (Phi) is 3.96. The van der Waals surface area contributed by atoms with Crippen LogP contribution < -0.4 is 0 Å². The number of carbonyl (C=O) groups is 1. The highest BCUT2D eigenvalue weighted by atomic mass is 35.5. The molecule has 0 amide bonds. The van der Waals surface area contributed by atoms with Crippen LogP contribution in [0.1, 0.15) is 42.5 Å². The summed E-state index contributed by atoms with van der Waals surface area (Å²) in [5.41, 5.74) is 2.75. The van der Waals surface area contributed by atoms with Crippen molar-refractivity contribution in [1.82, 2.24) is 0 Å². The van der Waals surface area contributed by atoms with Crippen LogP contribution in [0.5, 0.6) is 5.75 Å². The quantitative estimate of drug-likeness (QED) is 0.880. The van der Waals surface area contributed by atoms with E-state index in [0.29, 0.717) is 10.6 Å². The van der Waals surface area contributed by atoms with Crippen LogP contribution in [0.15, 0.2) is 0 Å². The van der Waals surface area contributed by atoms with Crippen molar-refractivity contribution < 1.29 is 15.0 Å². The molecule has 0 atom stereocenters. The molecule has 0 spiro atoms. The van der Waals surface area contributed by atoms with Gasteiger partial charge in [-0.1, -0.05) is 25.4 Å². The van der Waals surface area contributed by atoms with Crippen molar-refractivity contribution in [2.24, 2.45) is 0 Å². The molecule has 0 aliphatic rings. The monoisotopic (exact) mass is 270 g/mol. The average Bonchev–Trinajstić information content (AvgIpc) is 2.21. The highest BCUT2D eigenvalue weighted by molar-refractivity contribution is 6.33. The molecule has 1 aromatic rings. The van der Waals surface area contributed by atoms with Crippen LogP contribution in [-0.4, -0.2) is 16.2 Å². The fourth-order valence-electron chi connectivity index (χ4n) is 2.58. The number of phenols is 1. The molecule has 0 aromatic heterocycles. The van der Waals surface area contributed by atoms with E-state index in [1.165, 1.54) is 0 Å². The molecule has 0 aliphatic carbocycles. The fraction of sp³-hybridized carbons (Fsp3) is 0.500. The van der Waals surface area contributed by atoms with Crippen molar-refractivity contribution in [1.29, 1.82) is 0 Å². The standard InChI is InChI=1S/C14H19ClO3/c1-7-8(2)13(18)12(15)9(3)11(7)14(4,5)6-10(16)17/h18H,6H2,1-5H3,(H,16,17). The third-order valence-corrected chi connectivity index (χ3v) is 3.94. The Morgan fingerprint density at radius 3 is 2.11 bits per heavy atom. The lowest BCUT2D eigenvalue weighted by Gasteiger charge is -2.29. The predicted molar refractivity (Wildman–Crippen MR) is 72.6 cm³/mol. The Morgan fingerprint density at radius 1 is 1.17 bits per heavy atom. The maximum atomic E-state index is 11.0. The minimum Gasteiger partial charge on any atom is -0.506 e. The molecule has 1 rings (SSSR count). The minimum atomic E-state index is -0.847. The number of benzene rings is 1. The molecule has 0 bridgehead atoms. The number of hydrogen-bond acceptors (Lipinski definition) is 2. The van der Waals surface area contributed by atoms with Gasteiger partial charge in [-0.25, -0.2) is 0 Å². The summed E-state index contributed by atoms with van der Waals surface area (Å²) in [6.07, 6.45) is 0.0230. The summed E-state index contributed by atoms with van der Waals surface area (Å²) in [7, 11) is 0. The lowest BCUT2D eigenvalue weighted by atomic mass is 9.76. The van der Waals surface area contributed by atoms with Crippen molar-refractivity contribution in [2.45, 2.75) is 46.5 Å². The summed E-state index contributed by atoms with van der Waals surface area (Å²) in [4.78, 5) is 11.0. The first kappa shape index (κ1) is 14.8. The Labute approximate surface area is 112 Å². The van der Waals surface area contributed by atoms with Gasteiger partial charge in [-0.3, -0.25) is 4.79 Å². The van der Waals surface area contributed by atoms with Crippen molar-refractivity contribution in [3.8, 4) is 5.75 Å². The van der Waals surface area contributed by atoms with E-state index in [1.54, 1.807) is 6.92 Å². The summed E-state index contributed by atoms with van der Waals surface area (Å²) in [6, 6.07) is 0. The van der Waals surface area contributed by atoms with Gasteiger partial charge in [0.2, 0.25) is 0 Å². The molecule has 0 aliphatic heterocycles. The fourth-order valence-corrected chi connectivity index (χ4v) is 2.82. The molecule has 0 heterocycles. The van der Waals surface area contributed by atoms with Gasteiger partial charge < -0.3 is 10.2 Å². The average molecular weight is 271 g/mol. The number of aromatic hydroxyl groups is 1. The highest BCUT2D eigenvalue weighted by Gasteiger charge is 2.30. The van der Waals surface area contributed by atoms with E-state index >= 15 is 0 Å². The minimum absolute atomic E-state index is 0.0230. The second kappa shape index (κ2) is 4.81. The molecule has 4 heteroatoms. The maximum Gasteiger partial charge on any atom is 0.304 e. The lowest BCUT2D eigenvalue weighted by molar-refractivity contribution is -0.138. The smallest absolute Gasteiger partial charge is 0.304 e. The molecule has 1 aromatic carbocycles. The van der Waals surface area contributed by atoms with E-state index in [9.17, 15) is 9.90 Å². The van der Waals surface area contributed by atoms with Crippen LogP contribution in [-0.2, 0) is 10.2 Å². The first-order valence-corrected chi connectivity index (χ1v) is 6.18. The predicted octanol–water partition coefficient (Wildman–Crippen LogP) is 3.72. The number of carboxylic acid groups (broad SMARTS) is 1. The number of aliphatic carboxylic acids is 1. The SMILES string of the molecule is Cc1c(C)c(C(C)(C)CC(=O)O)c(C)c(Cl)c1O. The number of rotatable bonds is 3. The summed E-state index contributed by atoms with van der Waals surface area (Å²) in [5, 5.41) is 19.2. The zero-order valence-corrected chi connectivity index (χ0v) is 12.1. The Morgan fingerprint density at radius 2 is 1.67 bits per heavy atom. The van der Waals surface area contributed by atoms with Gasteiger partial charge in [-0.15, -0.1) is 0 Å². The van der Waals surface area contributed by atoms with Crippen LogP contribution in [0.25, 0.3) is 0 Å². The summed E-state index contributed by atoms with van der Waals surface area (Å²) >= 11 is 6.11. The second-order valence-electron chi connectivity index (χ2n) is 5.37. The van der Waals surface area contributed by atoms with Crippen molar-refractivity contribution in [2.75, 3.05) is 0 Å². The van der Waals surface area contributed by atoms with Gasteiger partial charge in [0.25, 0.3) is 0 Å². The molecule has 2 N–H and O–H groups in total. The first-order chi connectivity index (χ1) is 8.09. The van der Waals surface area contributed by atoms with Gasteiger partial charge in [-0.05, 0) is 43.0 Å². The molecule has 0 unspecified atom stereocenters. The lowest BCUT2D eigenvalue weighted by Crippen LogP contribution is -2.24. The van der Waals surface area contributed by atoms with E-state index in [4.69, 9.17) is 16.7 Å². The van der Waals surface area contributed by atoms with Gasteiger partial charge >= 0.3 is 5.97 Å². The van der Waals surface area contributed by atoms with E-state index in [1.807, 2.05) is 27.7 Å². The summed E-state index contributed by atoms with van der Waals surface area (Å²) in [6.45, 7) is 9.24. The molecule has 18 heavy (non-hydrogen) atoms. The molecule has 0 saturated heterocycles. The van der Waals surface area contributed by atoms with Crippen molar-refractivity contribution in [3.05, 3.63) is 27.3 Å². The van der Waals surface area contributed by atoms with E-state index < -0.39 is 11.4 Å². The summed E-state index contributed by atoms with van der Waals surface area (Å²) in [5.74, 6) is -0.762. The molecule has 100 valence electrons. The third kappa shape index (κ3) is 2.46. The van der Waals surface area contributed by atoms with Gasteiger partial charge in [0.05, 0.1) is 11.4 Å². The van der Waals surface area contributed by atoms with Gasteiger partial charge in [0.15, 0.2) is 0 Å². The molecule has 0 fully saturated rings. The van der Waals surface area contributed by atoms with E-state index in [-0.39, 0.29) is 12.2 Å². The first-order valence-electron chi connectivity index (χ1n) is 5.80. The Bertz CT molecular complexity index is 475. The number of phenolic OH excluding ortho intramolecular Hbond substituents is 1. The number of halogens is 1. The Hall–Kier alpha value is -1.22. The van der Waals surface area contributed by atoms with Crippen LogP contribution in [0.2, 0.25) is 5.02 Å². The zero-order chi connectivity index (χ0) is 14.2. The maximum absolute atomic E-state index is 11.0. The number of carboxylic acids is 1. The largest absolute Gasteiger partial charge is 0.506 e. The normalized spacial score (nSPS) is 11.7. The van der Waals surface area contributed by atoms with Gasteiger partial charge in [0, 0.05) is 5.41 Å². The van der Waals surface area contributed by atoms with E-state index in [2.05, 4.69) is 0 Å². The van der Waals surface area contributed by atoms with Crippen molar-refractivity contribution in [3.63, 3.8) is 0 Å². The Balaban J connectivity index is 3.55. The second-order valence-corrected chi connectivity index (χ2v) is 5.74. The van der Waals surface area contributed by atoms with Crippen LogP contribution in [0.4, 0.5) is 0 Å². The van der Waals surface area contributed by atoms with Crippen LogP contribution in [0.3, 0.4) is 0 Å². The number of hydrogen-bond donors (Lipinski definition) is 2. The summed E-state index contributed by atoms with van der Waals surface area (Å²) < 4.78 is 0. The molecule has 0 saturated carbocycles.